The number of aromatic nitrogens is 3. The van der Waals surface area contributed by atoms with Crippen molar-refractivity contribution in [2.24, 2.45) is 17.1 Å². The molecule has 0 fully saturated rings. The highest BCUT2D eigenvalue weighted by Crippen LogP contribution is 2.32. The number of fused-ring (bicyclic) bond motifs is 1. The molecular weight excluding hydrogens is 316 g/mol. The van der Waals surface area contributed by atoms with E-state index in [0.717, 1.165) is 41.8 Å². The summed E-state index contributed by atoms with van der Waals surface area (Å²) in [7, 11) is 0. The minimum absolute atomic E-state index is 0.278. The van der Waals surface area contributed by atoms with Gasteiger partial charge >= 0.3 is 0 Å². The second-order valence-corrected chi connectivity index (χ2v) is 7.29. The first-order valence-corrected chi connectivity index (χ1v) is 7.90. The van der Waals surface area contributed by atoms with Crippen LogP contribution in [0.4, 0.5) is 0 Å². The topological polar surface area (TPSA) is 56.2 Å². The fourth-order valence-corrected chi connectivity index (χ4v) is 2.93. The molecular formula is C15H23BrN4. The molecule has 0 aliphatic carbocycles. The molecule has 0 aliphatic rings. The summed E-state index contributed by atoms with van der Waals surface area (Å²) in [6, 6.07) is 3.96. The van der Waals surface area contributed by atoms with Gasteiger partial charge in [0, 0.05) is 17.1 Å². The van der Waals surface area contributed by atoms with E-state index in [4.69, 9.17) is 5.73 Å². The molecule has 0 amide bonds. The van der Waals surface area contributed by atoms with Gasteiger partial charge in [-0.15, -0.1) is 10.2 Å². The minimum Gasteiger partial charge on any atom is -0.330 e. The lowest BCUT2D eigenvalue weighted by Gasteiger charge is -2.30. The van der Waals surface area contributed by atoms with E-state index in [9.17, 15) is 0 Å². The molecule has 5 heteroatoms. The maximum atomic E-state index is 5.75. The van der Waals surface area contributed by atoms with Gasteiger partial charge in [0.2, 0.25) is 0 Å². The van der Waals surface area contributed by atoms with Gasteiger partial charge in [0.05, 0.1) is 0 Å². The van der Waals surface area contributed by atoms with Crippen molar-refractivity contribution in [1.82, 2.24) is 14.6 Å². The number of nitrogens with zero attached hydrogens (tertiary/aromatic N) is 3. The van der Waals surface area contributed by atoms with Crippen molar-refractivity contribution in [3.05, 3.63) is 28.6 Å². The molecule has 2 N–H and O–H groups in total. The summed E-state index contributed by atoms with van der Waals surface area (Å²) in [6.45, 7) is 7.59. The van der Waals surface area contributed by atoms with Gasteiger partial charge in [0.25, 0.3) is 0 Å². The maximum Gasteiger partial charge on any atom is 0.160 e. The molecule has 0 bridgehead atoms. The molecule has 0 saturated heterocycles. The average Bonchev–Trinajstić information content (AvgIpc) is 2.75. The van der Waals surface area contributed by atoms with E-state index in [0.29, 0.717) is 5.92 Å². The molecule has 2 rings (SSSR count). The van der Waals surface area contributed by atoms with Gasteiger partial charge in [-0.3, -0.25) is 4.40 Å². The lowest BCUT2D eigenvalue weighted by molar-refractivity contribution is 0.214. The van der Waals surface area contributed by atoms with E-state index >= 15 is 0 Å². The lowest BCUT2D eigenvalue weighted by atomic mass is 9.76. The number of halogens is 1. The first-order chi connectivity index (χ1) is 9.41. The van der Waals surface area contributed by atoms with Gasteiger partial charge in [-0.2, -0.15) is 0 Å². The van der Waals surface area contributed by atoms with Crippen LogP contribution in [0.3, 0.4) is 0 Å². The Hall–Kier alpha value is -0.940. The average molecular weight is 339 g/mol. The zero-order valence-corrected chi connectivity index (χ0v) is 14.0. The molecule has 0 aliphatic heterocycles. The van der Waals surface area contributed by atoms with Gasteiger partial charge in [0.1, 0.15) is 5.82 Å². The summed E-state index contributed by atoms with van der Waals surface area (Å²) >= 11 is 3.50. The van der Waals surface area contributed by atoms with E-state index < -0.39 is 0 Å². The van der Waals surface area contributed by atoms with Crippen LogP contribution in [0.1, 0.15) is 39.4 Å². The van der Waals surface area contributed by atoms with Crippen molar-refractivity contribution in [3.8, 4) is 0 Å². The summed E-state index contributed by atoms with van der Waals surface area (Å²) in [5.74, 6) is 1.62. The van der Waals surface area contributed by atoms with E-state index in [2.05, 4.69) is 51.3 Å². The Bertz CT molecular complexity index is 571. The molecule has 2 aromatic heterocycles. The lowest BCUT2D eigenvalue weighted by Crippen LogP contribution is -2.24. The van der Waals surface area contributed by atoms with Crippen molar-refractivity contribution >= 4 is 21.6 Å². The van der Waals surface area contributed by atoms with Crippen LogP contribution in [-0.4, -0.2) is 21.1 Å². The molecule has 1 atom stereocenters. The number of hydrogen-bond acceptors (Lipinski definition) is 3. The second kappa shape index (κ2) is 6.22. The molecule has 0 saturated carbocycles. The van der Waals surface area contributed by atoms with Crippen LogP contribution < -0.4 is 5.73 Å². The van der Waals surface area contributed by atoms with E-state index in [1.54, 1.807) is 0 Å². The highest BCUT2D eigenvalue weighted by molar-refractivity contribution is 9.10. The van der Waals surface area contributed by atoms with Crippen LogP contribution in [-0.2, 0) is 6.42 Å². The predicted octanol–water partition coefficient (Wildman–Crippen LogP) is 3.44. The summed E-state index contributed by atoms with van der Waals surface area (Å²) < 4.78 is 3.10. The van der Waals surface area contributed by atoms with Gasteiger partial charge < -0.3 is 5.73 Å². The molecule has 1 unspecified atom stereocenters. The molecule has 0 aromatic carbocycles. The highest BCUT2D eigenvalue weighted by Gasteiger charge is 2.24. The summed E-state index contributed by atoms with van der Waals surface area (Å²) in [5, 5.41) is 8.52. The van der Waals surface area contributed by atoms with E-state index in [1.165, 1.54) is 0 Å². The molecule has 0 radical (unpaired) electrons. The molecule has 110 valence electrons. The van der Waals surface area contributed by atoms with E-state index in [1.807, 2.05) is 18.3 Å². The monoisotopic (exact) mass is 338 g/mol. The zero-order valence-electron chi connectivity index (χ0n) is 12.4. The van der Waals surface area contributed by atoms with Gasteiger partial charge in [-0.05, 0) is 58.8 Å². The highest BCUT2D eigenvalue weighted by atomic mass is 79.9. The number of pyridine rings is 1. The third kappa shape index (κ3) is 3.58. The Labute approximate surface area is 128 Å². The SMILES string of the molecule is CC(C)(C)C(CCN)CCc1nnc2ccc(Br)cn12. The van der Waals surface area contributed by atoms with Crippen molar-refractivity contribution < 1.29 is 0 Å². The van der Waals surface area contributed by atoms with Gasteiger partial charge in [0.15, 0.2) is 5.65 Å². The maximum absolute atomic E-state index is 5.75. The summed E-state index contributed by atoms with van der Waals surface area (Å²) in [6.07, 6.45) is 5.11. The van der Waals surface area contributed by atoms with Gasteiger partial charge in [-0.1, -0.05) is 20.8 Å². The van der Waals surface area contributed by atoms with Crippen molar-refractivity contribution in [2.45, 2.75) is 40.0 Å². The number of nitrogens with two attached hydrogens (primary N) is 1. The largest absolute Gasteiger partial charge is 0.330 e. The van der Waals surface area contributed by atoms with Crippen LogP contribution >= 0.6 is 15.9 Å². The molecule has 4 nitrogen and oxygen atoms in total. The number of hydrogen-bond donors (Lipinski definition) is 1. The van der Waals surface area contributed by atoms with Crippen molar-refractivity contribution in [2.75, 3.05) is 6.54 Å². The smallest absolute Gasteiger partial charge is 0.160 e. The van der Waals surface area contributed by atoms with Crippen molar-refractivity contribution in [3.63, 3.8) is 0 Å². The first-order valence-electron chi connectivity index (χ1n) is 7.11. The number of aryl methyl sites for hydroxylation is 1. The minimum atomic E-state index is 0.278. The molecule has 0 spiro atoms. The van der Waals surface area contributed by atoms with Crippen LogP contribution in [0.2, 0.25) is 0 Å². The normalized spacial score (nSPS) is 13.8. The third-order valence-electron chi connectivity index (χ3n) is 3.89. The Kier molecular flexibility index (Phi) is 4.81. The Morgan fingerprint density at radius 1 is 1.25 bits per heavy atom. The second-order valence-electron chi connectivity index (χ2n) is 6.37. The zero-order chi connectivity index (χ0) is 14.8. The third-order valence-corrected chi connectivity index (χ3v) is 4.36. The fourth-order valence-electron chi connectivity index (χ4n) is 2.60. The van der Waals surface area contributed by atoms with Crippen LogP contribution in [0.15, 0.2) is 22.8 Å². The van der Waals surface area contributed by atoms with Crippen LogP contribution in [0, 0.1) is 11.3 Å². The summed E-state index contributed by atoms with van der Waals surface area (Å²) in [4.78, 5) is 0. The molecule has 2 heterocycles. The van der Waals surface area contributed by atoms with Crippen molar-refractivity contribution in [1.29, 1.82) is 0 Å². The standard InChI is InChI=1S/C15H23BrN4/c1-15(2,3)11(8-9-17)4-6-13-18-19-14-7-5-12(16)10-20(13)14/h5,7,10-11H,4,6,8-9,17H2,1-3H3. The number of rotatable bonds is 5. The predicted molar refractivity (Wildman–Crippen MR) is 85.6 cm³/mol. The molecule has 2 aromatic rings. The van der Waals surface area contributed by atoms with Crippen LogP contribution in [0.25, 0.3) is 5.65 Å². The Balaban J connectivity index is 2.13. The molecule has 20 heavy (non-hydrogen) atoms. The first kappa shape index (κ1) is 15.4. The van der Waals surface area contributed by atoms with Crippen LogP contribution in [0.5, 0.6) is 0 Å². The Morgan fingerprint density at radius 2 is 2.00 bits per heavy atom. The van der Waals surface area contributed by atoms with E-state index in [-0.39, 0.29) is 5.41 Å². The Morgan fingerprint density at radius 3 is 2.65 bits per heavy atom. The summed E-state index contributed by atoms with van der Waals surface area (Å²) in [5.41, 5.74) is 6.92. The quantitative estimate of drug-likeness (QED) is 0.908. The van der Waals surface area contributed by atoms with Gasteiger partial charge in [-0.25, -0.2) is 0 Å². The fraction of sp³-hybridized carbons (Fsp3) is 0.600.